The van der Waals surface area contributed by atoms with Gasteiger partial charge in [-0.2, -0.15) is 0 Å². The van der Waals surface area contributed by atoms with Gasteiger partial charge < -0.3 is 9.47 Å². The molecule has 0 aliphatic heterocycles. The second kappa shape index (κ2) is 8.95. The van der Waals surface area contributed by atoms with Gasteiger partial charge in [0.1, 0.15) is 6.61 Å². The minimum atomic E-state index is -0.397. The number of ether oxygens (including phenoxy) is 2. The Labute approximate surface area is 96.6 Å². The summed E-state index contributed by atoms with van der Waals surface area (Å²) < 4.78 is 9.85. The zero-order valence-corrected chi connectivity index (χ0v) is 10.2. The molecule has 4 nitrogen and oxygen atoms in total. The van der Waals surface area contributed by atoms with Crippen molar-refractivity contribution in [2.75, 3.05) is 13.2 Å². The van der Waals surface area contributed by atoms with Gasteiger partial charge in [-0.05, 0) is 20.3 Å². The van der Waals surface area contributed by atoms with E-state index in [9.17, 15) is 9.59 Å². The van der Waals surface area contributed by atoms with E-state index in [4.69, 9.17) is 9.47 Å². The number of allylic oxidation sites excluding steroid dienone is 2. The summed E-state index contributed by atoms with van der Waals surface area (Å²) in [6.07, 6.45) is 4.57. The summed E-state index contributed by atoms with van der Waals surface area (Å²) in [5.41, 5.74) is 0. The standard InChI is InChI=1S/C12H20O4/c1-4-7-8-10(12(14)15-6-3)9-16-11(13)5-2/h4,7,10H,5-6,8-9H2,1-3H3/b7-4+. The Balaban J connectivity index is 4.19. The van der Waals surface area contributed by atoms with Gasteiger partial charge in [0.2, 0.25) is 0 Å². The molecule has 0 aromatic rings. The zero-order valence-electron chi connectivity index (χ0n) is 10.2. The fraction of sp³-hybridized carbons (Fsp3) is 0.667. The molecule has 0 radical (unpaired) electrons. The predicted molar refractivity (Wildman–Crippen MR) is 60.8 cm³/mol. The van der Waals surface area contributed by atoms with E-state index in [1.54, 1.807) is 13.8 Å². The van der Waals surface area contributed by atoms with Crippen LogP contribution in [0.1, 0.15) is 33.6 Å². The molecule has 4 heteroatoms. The molecule has 0 fully saturated rings. The fourth-order valence-electron chi connectivity index (χ4n) is 1.09. The maximum Gasteiger partial charge on any atom is 0.312 e. The third-order valence-electron chi connectivity index (χ3n) is 2.01. The highest BCUT2D eigenvalue weighted by Crippen LogP contribution is 2.08. The van der Waals surface area contributed by atoms with E-state index < -0.39 is 5.92 Å². The number of rotatable bonds is 7. The predicted octanol–water partition coefficient (Wildman–Crippen LogP) is 2.09. The normalized spacial score (nSPS) is 12.4. The number of hydrogen-bond donors (Lipinski definition) is 0. The number of carbonyl (C=O) groups excluding carboxylic acids is 2. The van der Waals surface area contributed by atoms with Crippen LogP contribution in [0.15, 0.2) is 12.2 Å². The van der Waals surface area contributed by atoms with E-state index in [1.165, 1.54) is 0 Å². The molecule has 0 spiro atoms. The third kappa shape index (κ3) is 6.22. The highest BCUT2D eigenvalue weighted by atomic mass is 16.5. The second-order valence-electron chi connectivity index (χ2n) is 3.29. The van der Waals surface area contributed by atoms with Gasteiger partial charge in [-0.3, -0.25) is 9.59 Å². The Morgan fingerprint density at radius 2 is 1.94 bits per heavy atom. The first-order valence-corrected chi connectivity index (χ1v) is 5.59. The molecule has 0 heterocycles. The van der Waals surface area contributed by atoms with Crippen molar-refractivity contribution in [2.24, 2.45) is 5.92 Å². The summed E-state index contributed by atoms with van der Waals surface area (Å²) in [4.78, 5) is 22.5. The third-order valence-corrected chi connectivity index (χ3v) is 2.01. The second-order valence-corrected chi connectivity index (χ2v) is 3.29. The van der Waals surface area contributed by atoms with Crippen LogP contribution in [-0.2, 0) is 19.1 Å². The SMILES string of the molecule is C/C=C/CC(COC(=O)CC)C(=O)OCC. The highest BCUT2D eigenvalue weighted by molar-refractivity contribution is 5.74. The van der Waals surface area contributed by atoms with Gasteiger partial charge in [-0.15, -0.1) is 0 Å². The van der Waals surface area contributed by atoms with Crippen LogP contribution < -0.4 is 0 Å². The first kappa shape index (κ1) is 14.7. The molecule has 0 saturated heterocycles. The van der Waals surface area contributed by atoms with Gasteiger partial charge in [0.15, 0.2) is 0 Å². The maximum atomic E-state index is 11.5. The van der Waals surface area contributed by atoms with Crippen molar-refractivity contribution < 1.29 is 19.1 Å². The summed E-state index contributed by atoms with van der Waals surface area (Å²) in [6, 6.07) is 0. The van der Waals surface area contributed by atoms with Crippen molar-refractivity contribution in [1.82, 2.24) is 0 Å². The molecule has 92 valence electrons. The van der Waals surface area contributed by atoms with Crippen LogP contribution in [0.4, 0.5) is 0 Å². The highest BCUT2D eigenvalue weighted by Gasteiger charge is 2.20. The Morgan fingerprint density at radius 3 is 2.44 bits per heavy atom. The molecule has 0 aliphatic carbocycles. The molecule has 1 unspecified atom stereocenters. The van der Waals surface area contributed by atoms with E-state index in [-0.39, 0.29) is 18.5 Å². The van der Waals surface area contributed by atoms with Crippen LogP contribution in [0.2, 0.25) is 0 Å². The smallest absolute Gasteiger partial charge is 0.312 e. The van der Waals surface area contributed by atoms with Crippen LogP contribution >= 0.6 is 0 Å². The number of hydrogen-bond acceptors (Lipinski definition) is 4. The molecule has 0 aliphatic rings. The van der Waals surface area contributed by atoms with E-state index in [1.807, 2.05) is 19.1 Å². The van der Waals surface area contributed by atoms with Gasteiger partial charge in [-0.25, -0.2) is 0 Å². The van der Waals surface area contributed by atoms with Crippen molar-refractivity contribution in [2.45, 2.75) is 33.6 Å². The lowest BCUT2D eigenvalue weighted by Gasteiger charge is -2.13. The summed E-state index contributed by atoms with van der Waals surface area (Å²) in [6.45, 7) is 5.78. The lowest BCUT2D eigenvalue weighted by atomic mass is 10.1. The minimum absolute atomic E-state index is 0.0931. The van der Waals surface area contributed by atoms with Gasteiger partial charge in [0, 0.05) is 6.42 Å². The monoisotopic (exact) mass is 228 g/mol. The quantitative estimate of drug-likeness (QED) is 0.494. The van der Waals surface area contributed by atoms with Crippen LogP contribution in [0, 0.1) is 5.92 Å². The molecule has 0 rings (SSSR count). The average molecular weight is 228 g/mol. The summed E-state index contributed by atoms with van der Waals surface area (Å²) in [5.74, 6) is -1.01. The van der Waals surface area contributed by atoms with E-state index in [2.05, 4.69) is 0 Å². The minimum Gasteiger partial charge on any atom is -0.466 e. The van der Waals surface area contributed by atoms with Gasteiger partial charge in [-0.1, -0.05) is 19.1 Å². The van der Waals surface area contributed by atoms with E-state index in [0.717, 1.165) is 0 Å². The number of esters is 2. The molecular weight excluding hydrogens is 208 g/mol. The molecule has 0 amide bonds. The lowest BCUT2D eigenvalue weighted by Crippen LogP contribution is -2.23. The lowest BCUT2D eigenvalue weighted by molar-refractivity contribution is -0.154. The van der Waals surface area contributed by atoms with E-state index in [0.29, 0.717) is 19.4 Å². The zero-order chi connectivity index (χ0) is 12.4. The molecule has 16 heavy (non-hydrogen) atoms. The Kier molecular flexibility index (Phi) is 8.21. The van der Waals surface area contributed by atoms with Gasteiger partial charge in [0.05, 0.1) is 12.5 Å². The van der Waals surface area contributed by atoms with Crippen LogP contribution in [0.3, 0.4) is 0 Å². The first-order chi connectivity index (χ1) is 7.65. The molecule has 0 aromatic heterocycles. The molecule has 0 N–H and O–H groups in total. The Morgan fingerprint density at radius 1 is 1.25 bits per heavy atom. The molecule has 0 saturated carbocycles. The largest absolute Gasteiger partial charge is 0.466 e. The Hall–Kier alpha value is -1.32. The van der Waals surface area contributed by atoms with Crippen molar-refractivity contribution >= 4 is 11.9 Å². The summed E-state index contributed by atoms with van der Waals surface area (Å²) >= 11 is 0. The van der Waals surface area contributed by atoms with Crippen molar-refractivity contribution in [3.05, 3.63) is 12.2 Å². The van der Waals surface area contributed by atoms with Crippen LogP contribution in [-0.4, -0.2) is 25.2 Å². The Bertz CT molecular complexity index is 245. The van der Waals surface area contributed by atoms with Crippen molar-refractivity contribution in [3.63, 3.8) is 0 Å². The van der Waals surface area contributed by atoms with Crippen LogP contribution in [0.5, 0.6) is 0 Å². The molecule has 1 atom stereocenters. The summed E-state index contributed by atoms with van der Waals surface area (Å²) in [7, 11) is 0. The van der Waals surface area contributed by atoms with Gasteiger partial charge in [0.25, 0.3) is 0 Å². The summed E-state index contributed by atoms with van der Waals surface area (Å²) in [5, 5.41) is 0. The van der Waals surface area contributed by atoms with Gasteiger partial charge >= 0.3 is 11.9 Å². The first-order valence-electron chi connectivity index (χ1n) is 5.59. The maximum absolute atomic E-state index is 11.5. The molecular formula is C12H20O4. The number of carbonyl (C=O) groups is 2. The van der Waals surface area contributed by atoms with Crippen LogP contribution in [0.25, 0.3) is 0 Å². The van der Waals surface area contributed by atoms with E-state index >= 15 is 0 Å². The topological polar surface area (TPSA) is 52.6 Å². The molecule has 0 aromatic carbocycles. The average Bonchev–Trinajstić information content (AvgIpc) is 2.29. The van der Waals surface area contributed by atoms with Crippen molar-refractivity contribution in [3.8, 4) is 0 Å². The molecule has 0 bridgehead atoms. The fourth-order valence-corrected chi connectivity index (χ4v) is 1.09. The van der Waals surface area contributed by atoms with Crippen molar-refractivity contribution in [1.29, 1.82) is 0 Å².